The van der Waals surface area contributed by atoms with Crippen molar-refractivity contribution in [1.82, 2.24) is 20.9 Å². The maximum Gasteiger partial charge on any atom is 0.315 e. The van der Waals surface area contributed by atoms with Crippen molar-refractivity contribution in [3.8, 4) is 0 Å². The van der Waals surface area contributed by atoms with Crippen LogP contribution < -0.4 is 16.0 Å². The number of pyridine rings is 1. The van der Waals surface area contributed by atoms with E-state index in [1.807, 2.05) is 31.2 Å². The SMILES string of the molecule is Cc1ccc(C(=O)NCCNC(=O)NCc2ccncc2)cc1. The van der Waals surface area contributed by atoms with Crippen LogP contribution >= 0.6 is 0 Å². The molecule has 0 saturated carbocycles. The van der Waals surface area contributed by atoms with Gasteiger partial charge in [0.1, 0.15) is 0 Å². The quantitative estimate of drug-likeness (QED) is 0.709. The predicted octanol–water partition coefficient (Wildman–Crippen LogP) is 1.62. The fourth-order valence-electron chi connectivity index (χ4n) is 1.90. The molecular formula is C17H20N4O2. The molecule has 1 heterocycles. The van der Waals surface area contributed by atoms with E-state index < -0.39 is 0 Å². The van der Waals surface area contributed by atoms with Crippen LogP contribution in [0.25, 0.3) is 0 Å². The minimum atomic E-state index is -0.272. The van der Waals surface area contributed by atoms with E-state index in [0.29, 0.717) is 25.2 Å². The number of hydrogen-bond acceptors (Lipinski definition) is 3. The molecule has 0 aliphatic rings. The van der Waals surface area contributed by atoms with Gasteiger partial charge in [-0.3, -0.25) is 9.78 Å². The summed E-state index contributed by atoms with van der Waals surface area (Å²) in [5.74, 6) is -0.149. The highest BCUT2D eigenvalue weighted by Gasteiger charge is 2.04. The smallest absolute Gasteiger partial charge is 0.315 e. The lowest BCUT2D eigenvalue weighted by Gasteiger charge is -2.09. The van der Waals surface area contributed by atoms with E-state index in [0.717, 1.165) is 11.1 Å². The summed E-state index contributed by atoms with van der Waals surface area (Å²) in [5.41, 5.74) is 2.69. The topological polar surface area (TPSA) is 83.1 Å². The summed E-state index contributed by atoms with van der Waals surface area (Å²) >= 11 is 0. The average molecular weight is 312 g/mol. The van der Waals surface area contributed by atoms with Gasteiger partial charge in [-0.15, -0.1) is 0 Å². The standard InChI is InChI=1S/C17H20N4O2/c1-13-2-4-15(5-3-13)16(22)19-10-11-20-17(23)21-12-14-6-8-18-9-7-14/h2-9H,10-12H2,1H3,(H,19,22)(H2,20,21,23). The summed E-state index contributed by atoms with van der Waals surface area (Å²) in [5, 5.41) is 8.18. The number of nitrogens with one attached hydrogen (secondary N) is 3. The summed E-state index contributed by atoms with van der Waals surface area (Å²) in [4.78, 5) is 27.4. The Kier molecular flexibility index (Phi) is 6.11. The number of hydrogen-bond donors (Lipinski definition) is 3. The van der Waals surface area contributed by atoms with Gasteiger partial charge in [-0.25, -0.2) is 4.79 Å². The first-order valence-corrected chi connectivity index (χ1v) is 7.40. The van der Waals surface area contributed by atoms with E-state index in [-0.39, 0.29) is 11.9 Å². The van der Waals surface area contributed by atoms with Crippen LogP contribution in [0.15, 0.2) is 48.8 Å². The predicted molar refractivity (Wildman–Crippen MR) is 88.0 cm³/mol. The van der Waals surface area contributed by atoms with Crippen LogP contribution in [0.1, 0.15) is 21.5 Å². The van der Waals surface area contributed by atoms with Gasteiger partial charge in [0.15, 0.2) is 0 Å². The largest absolute Gasteiger partial charge is 0.350 e. The van der Waals surface area contributed by atoms with Crippen LogP contribution in [0.4, 0.5) is 4.79 Å². The highest BCUT2D eigenvalue weighted by Crippen LogP contribution is 2.02. The molecule has 2 rings (SSSR count). The third kappa shape index (κ3) is 5.78. The van der Waals surface area contributed by atoms with E-state index >= 15 is 0 Å². The molecule has 1 aromatic carbocycles. The van der Waals surface area contributed by atoms with Crippen molar-refractivity contribution in [1.29, 1.82) is 0 Å². The molecule has 0 fully saturated rings. The monoisotopic (exact) mass is 312 g/mol. The van der Waals surface area contributed by atoms with Crippen molar-refractivity contribution >= 4 is 11.9 Å². The number of rotatable bonds is 6. The van der Waals surface area contributed by atoms with Gasteiger partial charge in [-0.2, -0.15) is 0 Å². The van der Waals surface area contributed by atoms with Crippen molar-refractivity contribution in [3.05, 3.63) is 65.5 Å². The third-order valence-corrected chi connectivity index (χ3v) is 3.21. The molecule has 0 unspecified atom stereocenters. The van der Waals surface area contributed by atoms with Crippen molar-refractivity contribution < 1.29 is 9.59 Å². The lowest BCUT2D eigenvalue weighted by atomic mass is 10.1. The summed E-state index contributed by atoms with van der Waals surface area (Å²) in [6, 6.07) is 10.7. The molecule has 6 heteroatoms. The van der Waals surface area contributed by atoms with Gasteiger partial charge >= 0.3 is 6.03 Å². The zero-order valence-corrected chi connectivity index (χ0v) is 13.0. The Morgan fingerprint density at radius 3 is 2.26 bits per heavy atom. The highest BCUT2D eigenvalue weighted by atomic mass is 16.2. The molecule has 3 amide bonds. The highest BCUT2D eigenvalue weighted by molar-refractivity contribution is 5.94. The number of carbonyl (C=O) groups is 2. The number of benzene rings is 1. The fourth-order valence-corrected chi connectivity index (χ4v) is 1.90. The molecule has 0 saturated heterocycles. The van der Waals surface area contributed by atoms with E-state index in [1.54, 1.807) is 24.5 Å². The van der Waals surface area contributed by atoms with Crippen molar-refractivity contribution in [2.75, 3.05) is 13.1 Å². The lowest BCUT2D eigenvalue weighted by molar-refractivity contribution is 0.0954. The zero-order chi connectivity index (χ0) is 16.5. The van der Waals surface area contributed by atoms with Gasteiger partial charge in [0.2, 0.25) is 0 Å². The maximum atomic E-state index is 11.9. The molecule has 120 valence electrons. The van der Waals surface area contributed by atoms with Crippen LogP contribution in [0, 0.1) is 6.92 Å². The minimum absolute atomic E-state index is 0.149. The molecule has 0 radical (unpaired) electrons. The normalized spacial score (nSPS) is 9.96. The Hall–Kier alpha value is -2.89. The van der Waals surface area contributed by atoms with Gasteiger partial charge in [-0.05, 0) is 36.8 Å². The fraction of sp³-hybridized carbons (Fsp3) is 0.235. The van der Waals surface area contributed by atoms with Crippen molar-refractivity contribution in [2.24, 2.45) is 0 Å². The Balaban J connectivity index is 1.62. The molecule has 1 aromatic heterocycles. The number of carbonyl (C=O) groups excluding carboxylic acids is 2. The van der Waals surface area contributed by atoms with Gasteiger partial charge in [-0.1, -0.05) is 17.7 Å². The zero-order valence-electron chi connectivity index (χ0n) is 13.0. The molecule has 0 spiro atoms. The number of aromatic nitrogens is 1. The van der Waals surface area contributed by atoms with E-state index in [4.69, 9.17) is 0 Å². The van der Waals surface area contributed by atoms with Gasteiger partial charge in [0.25, 0.3) is 5.91 Å². The Morgan fingerprint density at radius 2 is 1.57 bits per heavy atom. The summed E-state index contributed by atoms with van der Waals surface area (Å²) in [6.45, 7) is 3.13. The number of urea groups is 1. The number of aryl methyl sites for hydroxylation is 1. The lowest BCUT2D eigenvalue weighted by Crippen LogP contribution is -2.40. The van der Waals surface area contributed by atoms with Crippen LogP contribution in [0.2, 0.25) is 0 Å². The molecule has 0 atom stereocenters. The minimum Gasteiger partial charge on any atom is -0.350 e. The first-order valence-electron chi connectivity index (χ1n) is 7.40. The molecule has 6 nitrogen and oxygen atoms in total. The van der Waals surface area contributed by atoms with Crippen molar-refractivity contribution in [3.63, 3.8) is 0 Å². The third-order valence-electron chi connectivity index (χ3n) is 3.21. The molecule has 0 aliphatic heterocycles. The maximum absolute atomic E-state index is 11.9. The molecule has 0 bridgehead atoms. The molecule has 2 aromatic rings. The van der Waals surface area contributed by atoms with Gasteiger partial charge in [0.05, 0.1) is 0 Å². The molecule has 23 heavy (non-hydrogen) atoms. The Morgan fingerprint density at radius 1 is 0.913 bits per heavy atom. The Labute approximate surface area is 135 Å². The van der Waals surface area contributed by atoms with Crippen LogP contribution in [0.5, 0.6) is 0 Å². The molecular weight excluding hydrogens is 292 g/mol. The van der Waals surface area contributed by atoms with E-state index in [1.165, 1.54) is 0 Å². The summed E-state index contributed by atoms with van der Waals surface area (Å²) in [6.07, 6.45) is 3.35. The average Bonchev–Trinajstić information content (AvgIpc) is 2.58. The van der Waals surface area contributed by atoms with Gasteiger partial charge in [0, 0.05) is 37.6 Å². The summed E-state index contributed by atoms with van der Waals surface area (Å²) in [7, 11) is 0. The van der Waals surface area contributed by atoms with E-state index in [2.05, 4.69) is 20.9 Å². The molecule has 3 N–H and O–H groups in total. The van der Waals surface area contributed by atoms with Crippen LogP contribution in [-0.2, 0) is 6.54 Å². The second-order valence-corrected chi connectivity index (χ2v) is 5.09. The van der Waals surface area contributed by atoms with Gasteiger partial charge < -0.3 is 16.0 Å². The summed E-state index contributed by atoms with van der Waals surface area (Å²) < 4.78 is 0. The van der Waals surface area contributed by atoms with Crippen LogP contribution in [-0.4, -0.2) is 30.0 Å². The Bertz CT molecular complexity index is 641. The second kappa shape index (κ2) is 8.53. The van der Waals surface area contributed by atoms with Crippen LogP contribution in [0.3, 0.4) is 0 Å². The number of nitrogens with zero attached hydrogens (tertiary/aromatic N) is 1. The van der Waals surface area contributed by atoms with Crippen molar-refractivity contribution in [2.45, 2.75) is 13.5 Å². The second-order valence-electron chi connectivity index (χ2n) is 5.09. The first-order chi connectivity index (χ1) is 11.1. The first kappa shape index (κ1) is 16.5. The molecule has 0 aliphatic carbocycles. The van der Waals surface area contributed by atoms with E-state index in [9.17, 15) is 9.59 Å². The number of amides is 3.